The first kappa shape index (κ1) is 12.7. The zero-order valence-corrected chi connectivity index (χ0v) is 10.9. The molecule has 4 heteroatoms. The van der Waals surface area contributed by atoms with Gasteiger partial charge in [-0.25, -0.2) is 0 Å². The van der Waals surface area contributed by atoms with Gasteiger partial charge < -0.3 is 16.4 Å². The summed E-state index contributed by atoms with van der Waals surface area (Å²) in [6, 6.07) is 5.55. The van der Waals surface area contributed by atoms with Gasteiger partial charge in [-0.2, -0.15) is 0 Å². The van der Waals surface area contributed by atoms with Crippen molar-refractivity contribution in [1.29, 1.82) is 0 Å². The molecule has 1 atom stereocenters. The predicted octanol–water partition coefficient (Wildman–Crippen LogP) is 1.99. The van der Waals surface area contributed by atoms with Crippen molar-refractivity contribution in [2.24, 2.45) is 11.7 Å². The molecule has 0 bridgehead atoms. The van der Waals surface area contributed by atoms with E-state index in [1.54, 1.807) is 6.07 Å². The topological polar surface area (TPSA) is 72.3 Å². The number of carbonyl (C=O) groups is 1. The summed E-state index contributed by atoms with van der Waals surface area (Å²) in [5.41, 5.74) is 13.0. The summed E-state index contributed by atoms with van der Waals surface area (Å²) in [5.74, 6) is 0.317. The lowest BCUT2D eigenvalue weighted by Crippen LogP contribution is -2.25. The lowest BCUT2D eigenvalue weighted by molar-refractivity contribution is 0.100. The summed E-state index contributed by atoms with van der Waals surface area (Å²) in [6.07, 6.45) is 3.65. The van der Waals surface area contributed by atoms with Gasteiger partial charge in [-0.1, -0.05) is 6.92 Å². The molecule has 18 heavy (non-hydrogen) atoms. The lowest BCUT2D eigenvalue weighted by Gasteiger charge is -2.23. The second-order valence-corrected chi connectivity index (χ2v) is 5.16. The Labute approximate surface area is 108 Å². The highest BCUT2D eigenvalue weighted by molar-refractivity contribution is 5.99. The van der Waals surface area contributed by atoms with Crippen LogP contribution in [0.2, 0.25) is 0 Å². The molecule has 1 aromatic carbocycles. The van der Waals surface area contributed by atoms with Gasteiger partial charge in [0.15, 0.2) is 0 Å². The minimum absolute atomic E-state index is 0.421. The Bertz CT molecular complexity index is 445. The monoisotopic (exact) mass is 247 g/mol. The fourth-order valence-corrected chi connectivity index (χ4v) is 2.48. The Kier molecular flexibility index (Phi) is 3.75. The van der Waals surface area contributed by atoms with Crippen LogP contribution in [0, 0.1) is 5.92 Å². The number of carbonyl (C=O) groups excluding carboxylic acids is 1. The Morgan fingerprint density at radius 1 is 1.33 bits per heavy atom. The fraction of sp³-hybridized carbons (Fsp3) is 0.500. The summed E-state index contributed by atoms with van der Waals surface area (Å²) in [4.78, 5) is 13.6. The number of benzene rings is 1. The largest absolute Gasteiger partial charge is 0.398 e. The molecule has 0 aromatic heterocycles. The van der Waals surface area contributed by atoms with Gasteiger partial charge in [0, 0.05) is 24.5 Å². The van der Waals surface area contributed by atoms with Gasteiger partial charge in [-0.15, -0.1) is 0 Å². The van der Waals surface area contributed by atoms with Crippen LogP contribution >= 0.6 is 0 Å². The van der Waals surface area contributed by atoms with E-state index in [9.17, 15) is 4.79 Å². The SMILES string of the molecule is CC1CCCN(c2ccc(N)c(C(N)=O)c2)CC1. The van der Waals surface area contributed by atoms with Gasteiger partial charge in [0.2, 0.25) is 0 Å². The van der Waals surface area contributed by atoms with Crippen molar-refractivity contribution in [2.75, 3.05) is 23.7 Å². The van der Waals surface area contributed by atoms with Crippen molar-refractivity contribution in [3.8, 4) is 0 Å². The van der Waals surface area contributed by atoms with Crippen LogP contribution < -0.4 is 16.4 Å². The highest BCUT2D eigenvalue weighted by Crippen LogP contribution is 2.25. The molecule has 2 rings (SSSR count). The number of primary amides is 1. The highest BCUT2D eigenvalue weighted by atomic mass is 16.1. The molecule has 98 valence electrons. The van der Waals surface area contributed by atoms with Gasteiger partial charge in [-0.3, -0.25) is 4.79 Å². The standard InChI is InChI=1S/C14H21N3O/c1-10-3-2-7-17(8-6-10)11-4-5-13(15)12(9-11)14(16)18/h4-5,9-10H,2-3,6-8,15H2,1H3,(H2,16,18). The number of anilines is 2. The summed E-state index contributed by atoms with van der Waals surface area (Å²) >= 11 is 0. The zero-order chi connectivity index (χ0) is 13.1. The van der Waals surface area contributed by atoms with E-state index in [1.807, 2.05) is 12.1 Å². The van der Waals surface area contributed by atoms with Crippen LogP contribution in [0.25, 0.3) is 0 Å². The van der Waals surface area contributed by atoms with Crippen molar-refractivity contribution in [3.05, 3.63) is 23.8 Å². The first-order valence-corrected chi connectivity index (χ1v) is 6.52. The molecule has 1 aliphatic rings. The van der Waals surface area contributed by atoms with E-state index in [1.165, 1.54) is 19.3 Å². The molecule has 1 aliphatic heterocycles. The van der Waals surface area contributed by atoms with Crippen LogP contribution in [0.15, 0.2) is 18.2 Å². The van der Waals surface area contributed by atoms with Crippen molar-refractivity contribution < 1.29 is 4.79 Å². The van der Waals surface area contributed by atoms with Gasteiger partial charge in [0.25, 0.3) is 5.91 Å². The Morgan fingerprint density at radius 2 is 2.11 bits per heavy atom. The van der Waals surface area contributed by atoms with Gasteiger partial charge in [0.05, 0.1) is 5.56 Å². The fourth-order valence-electron chi connectivity index (χ4n) is 2.48. The molecule has 0 saturated carbocycles. The van der Waals surface area contributed by atoms with Crippen molar-refractivity contribution in [3.63, 3.8) is 0 Å². The minimum Gasteiger partial charge on any atom is -0.398 e. The van der Waals surface area contributed by atoms with E-state index in [0.717, 1.165) is 24.7 Å². The first-order chi connectivity index (χ1) is 8.58. The molecule has 1 unspecified atom stereocenters. The van der Waals surface area contributed by atoms with Crippen LogP contribution in [-0.2, 0) is 0 Å². The third-order valence-corrected chi connectivity index (χ3v) is 3.68. The number of nitrogens with two attached hydrogens (primary N) is 2. The van der Waals surface area contributed by atoms with E-state index in [4.69, 9.17) is 11.5 Å². The molecular weight excluding hydrogens is 226 g/mol. The third kappa shape index (κ3) is 2.75. The molecule has 1 fully saturated rings. The predicted molar refractivity (Wildman–Crippen MR) is 74.6 cm³/mol. The van der Waals surface area contributed by atoms with E-state index >= 15 is 0 Å². The molecular formula is C14H21N3O. The molecule has 0 radical (unpaired) electrons. The van der Waals surface area contributed by atoms with Gasteiger partial charge in [0.1, 0.15) is 0 Å². The maximum absolute atomic E-state index is 11.3. The molecule has 4 N–H and O–H groups in total. The normalized spacial score (nSPS) is 20.5. The number of nitrogens with zero attached hydrogens (tertiary/aromatic N) is 1. The van der Waals surface area contributed by atoms with Gasteiger partial charge in [-0.05, 0) is 43.4 Å². The number of rotatable bonds is 2. The van der Waals surface area contributed by atoms with Crippen LogP contribution in [0.4, 0.5) is 11.4 Å². The second-order valence-electron chi connectivity index (χ2n) is 5.16. The number of hydrogen-bond acceptors (Lipinski definition) is 3. The first-order valence-electron chi connectivity index (χ1n) is 6.52. The highest BCUT2D eigenvalue weighted by Gasteiger charge is 2.16. The van der Waals surface area contributed by atoms with Gasteiger partial charge >= 0.3 is 0 Å². The lowest BCUT2D eigenvalue weighted by atomic mass is 10.0. The molecule has 1 aromatic rings. The van der Waals surface area contributed by atoms with E-state index < -0.39 is 5.91 Å². The third-order valence-electron chi connectivity index (χ3n) is 3.68. The summed E-state index contributed by atoms with van der Waals surface area (Å²) in [6.45, 7) is 4.36. The molecule has 0 aliphatic carbocycles. The van der Waals surface area contributed by atoms with E-state index in [-0.39, 0.29) is 0 Å². The van der Waals surface area contributed by atoms with E-state index in [2.05, 4.69) is 11.8 Å². The van der Waals surface area contributed by atoms with Crippen LogP contribution in [-0.4, -0.2) is 19.0 Å². The summed E-state index contributed by atoms with van der Waals surface area (Å²) in [5, 5.41) is 0. The second kappa shape index (κ2) is 5.29. The Morgan fingerprint density at radius 3 is 2.83 bits per heavy atom. The average Bonchev–Trinajstić information content (AvgIpc) is 2.54. The van der Waals surface area contributed by atoms with Crippen LogP contribution in [0.5, 0.6) is 0 Å². The number of nitrogen functional groups attached to an aromatic ring is 1. The summed E-state index contributed by atoms with van der Waals surface area (Å²) < 4.78 is 0. The van der Waals surface area contributed by atoms with Crippen LogP contribution in [0.1, 0.15) is 36.5 Å². The van der Waals surface area contributed by atoms with Crippen molar-refractivity contribution >= 4 is 17.3 Å². The smallest absolute Gasteiger partial charge is 0.250 e. The molecule has 1 amide bonds. The Hall–Kier alpha value is -1.71. The van der Waals surface area contributed by atoms with E-state index in [0.29, 0.717) is 11.3 Å². The average molecular weight is 247 g/mol. The summed E-state index contributed by atoms with van der Waals surface area (Å²) in [7, 11) is 0. The molecule has 1 heterocycles. The zero-order valence-electron chi connectivity index (χ0n) is 10.9. The van der Waals surface area contributed by atoms with Crippen molar-refractivity contribution in [2.45, 2.75) is 26.2 Å². The van der Waals surface area contributed by atoms with Crippen LogP contribution in [0.3, 0.4) is 0 Å². The maximum Gasteiger partial charge on any atom is 0.250 e. The molecule has 1 saturated heterocycles. The molecule has 4 nitrogen and oxygen atoms in total. The quantitative estimate of drug-likeness (QED) is 0.785. The maximum atomic E-state index is 11.3. The Balaban J connectivity index is 2.22. The minimum atomic E-state index is -0.461. The van der Waals surface area contributed by atoms with Crippen molar-refractivity contribution in [1.82, 2.24) is 0 Å². The number of hydrogen-bond donors (Lipinski definition) is 2. The number of amides is 1. The molecule has 0 spiro atoms.